The molecule has 5 nitrogen and oxygen atoms in total. The number of aromatic nitrogens is 1. The Bertz CT molecular complexity index is 323. The highest BCUT2D eigenvalue weighted by Crippen LogP contribution is 2.12. The predicted molar refractivity (Wildman–Crippen MR) is 60.5 cm³/mol. The molecule has 1 aromatic heterocycles. The van der Waals surface area contributed by atoms with Crippen molar-refractivity contribution in [2.24, 2.45) is 0 Å². The van der Waals surface area contributed by atoms with E-state index in [1.54, 1.807) is 12.3 Å². The topological polar surface area (TPSA) is 60.5 Å². The average Bonchev–Trinajstić information content (AvgIpc) is 2.90. The maximum atomic E-state index is 11.4. The maximum absolute atomic E-state index is 11.4. The molecule has 0 aromatic carbocycles. The number of rotatable bonds is 5. The SMILES string of the molecule is O=C(COC[C@H]1CCCO1)Nc1ccns1. The first kappa shape index (κ1) is 11.5. The summed E-state index contributed by atoms with van der Waals surface area (Å²) in [4.78, 5) is 11.4. The van der Waals surface area contributed by atoms with Crippen molar-refractivity contribution in [2.75, 3.05) is 25.1 Å². The Labute approximate surface area is 97.9 Å². The molecule has 1 saturated heterocycles. The van der Waals surface area contributed by atoms with Crippen LogP contribution in [0.15, 0.2) is 12.3 Å². The smallest absolute Gasteiger partial charge is 0.251 e. The summed E-state index contributed by atoms with van der Waals surface area (Å²) in [5, 5.41) is 3.44. The third kappa shape index (κ3) is 3.55. The molecule has 0 unspecified atom stereocenters. The highest BCUT2D eigenvalue weighted by atomic mass is 32.1. The molecule has 0 bridgehead atoms. The Morgan fingerprint density at radius 3 is 3.38 bits per heavy atom. The summed E-state index contributed by atoms with van der Waals surface area (Å²) in [6.07, 6.45) is 3.92. The molecule has 1 aromatic rings. The lowest BCUT2D eigenvalue weighted by molar-refractivity contribution is -0.121. The van der Waals surface area contributed by atoms with Crippen molar-refractivity contribution in [1.29, 1.82) is 0 Å². The molecule has 0 spiro atoms. The molecule has 2 heterocycles. The Kier molecular flexibility index (Phi) is 4.26. The minimum Gasteiger partial charge on any atom is -0.376 e. The van der Waals surface area contributed by atoms with E-state index in [0.717, 1.165) is 24.4 Å². The van der Waals surface area contributed by atoms with Gasteiger partial charge in [-0.15, -0.1) is 0 Å². The third-order valence-corrected chi connectivity index (χ3v) is 2.92. The summed E-state index contributed by atoms with van der Waals surface area (Å²) in [5.41, 5.74) is 0. The van der Waals surface area contributed by atoms with Crippen LogP contribution >= 0.6 is 11.5 Å². The van der Waals surface area contributed by atoms with Crippen LogP contribution in [0.4, 0.5) is 5.00 Å². The number of ether oxygens (including phenoxy) is 2. The van der Waals surface area contributed by atoms with Gasteiger partial charge in [0.2, 0.25) is 0 Å². The van der Waals surface area contributed by atoms with Gasteiger partial charge < -0.3 is 14.8 Å². The Hall–Kier alpha value is -0.980. The third-order valence-electron chi connectivity index (χ3n) is 2.26. The lowest BCUT2D eigenvalue weighted by Crippen LogP contribution is -2.22. The molecule has 1 fully saturated rings. The van der Waals surface area contributed by atoms with Gasteiger partial charge in [0.25, 0.3) is 5.91 Å². The van der Waals surface area contributed by atoms with Crippen LogP contribution < -0.4 is 5.32 Å². The fourth-order valence-electron chi connectivity index (χ4n) is 1.51. The molecule has 0 aliphatic carbocycles. The van der Waals surface area contributed by atoms with Gasteiger partial charge >= 0.3 is 0 Å². The lowest BCUT2D eigenvalue weighted by Gasteiger charge is -2.09. The van der Waals surface area contributed by atoms with Gasteiger partial charge in [-0.25, -0.2) is 0 Å². The zero-order chi connectivity index (χ0) is 11.2. The first-order valence-corrected chi connectivity index (χ1v) is 6.02. The number of hydrogen-bond acceptors (Lipinski definition) is 5. The number of carbonyl (C=O) groups is 1. The Morgan fingerprint density at radius 1 is 1.75 bits per heavy atom. The van der Waals surface area contributed by atoms with Crippen LogP contribution in [0.1, 0.15) is 12.8 Å². The van der Waals surface area contributed by atoms with Crippen LogP contribution in [-0.2, 0) is 14.3 Å². The Morgan fingerprint density at radius 2 is 2.69 bits per heavy atom. The quantitative estimate of drug-likeness (QED) is 0.845. The Balaban J connectivity index is 1.60. The molecule has 2 rings (SSSR count). The van der Waals surface area contributed by atoms with E-state index < -0.39 is 0 Å². The second kappa shape index (κ2) is 5.93. The van der Waals surface area contributed by atoms with Gasteiger partial charge in [0.1, 0.15) is 11.6 Å². The minimum atomic E-state index is -0.151. The van der Waals surface area contributed by atoms with Gasteiger partial charge in [0.05, 0.1) is 12.7 Å². The highest BCUT2D eigenvalue weighted by molar-refractivity contribution is 7.10. The largest absolute Gasteiger partial charge is 0.376 e. The molecular weight excluding hydrogens is 228 g/mol. The van der Waals surface area contributed by atoms with Crippen LogP contribution in [0.3, 0.4) is 0 Å². The zero-order valence-electron chi connectivity index (χ0n) is 8.85. The molecule has 1 amide bonds. The molecule has 1 aliphatic rings. The predicted octanol–water partition coefficient (Wildman–Crippen LogP) is 1.28. The normalized spacial score (nSPS) is 19.9. The second-order valence-corrected chi connectivity index (χ2v) is 4.41. The molecule has 6 heteroatoms. The van der Waals surface area contributed by atoms with Crippen LogP contribution in [0, 0.1) is 0 Å². The molecule has 1 N–H and O–H groups in total. The molecule has 0 radical (unpaired) electrons. The number of nitrogens with one attached hydrogen (secondary N) is 1. The summed E-state index contributed by atoms with van der Waals surface area (Å²) in [6, 6.07) is 1.75. The molecule has 88 valence electrons. The van der Waals surface area contributed by atoms with E-state index in [4.69, 9.17) is 9.47 Å². The summed E-state index contributed by atoms with van der Waals surface area (Å²) in [7, 11) is 0. The maximum Gasteiger partial charge on any atom is 0.251 e. The zero-order valence-corrected chi connectivity index (χ0v) is 9.66. The molecule has 0 saturated carbocycles. The van der Waals surface area contributed by atoms with Gasteiger partial charge in [0.15, 0.2) is 0 Å². The van der Waals surface area contributed by atoms with Crippen LogP contribution in [0.25, 0.3) is 0 Å². The summed E-state index contributed by atoms with van der Waals surface area (Å²) >= 11 is 1.25. The summed E-state index contributed by atoms with van der Waals surface area (Å²) in [5.74, 6) is -0.151. The fourth-order valence-corrected chi connectivity index (χ4v) is 2.03. The summed E-state index contributed by atoms with van der Waals surface area (Å²) in [6.45, 7) is 1.37. The lowest BCUT2D eigenvalue weighted by atomic mass is 10.2. The molecule has 1 aliphatic heterocycles. The van der Waals surface area contributed by atoms with Crippen LogP contribution in [0.2, 0.25) is 0 Å². The van der Waals surface area contributed by atoms with Crippen molar-refractivity contribution < 1.29 is 14.3 Å². The first-order chi connectivity index (χ1) is 7.84. The standard InChI is InChI=1S/C10H14N2O3S/c13-9(12-10-3-4-11-16-10)7-14-6-8-2-1-5-15-8/h3-4,8H,1-2,5-7H2,(H,12,13)/t8-/m1/s1. The van der Waals surface area contributed by atoms with Crippen LogP contribution in [0.5, 0.6) is 0 Å². The van der Waals surface area contributed by atoms with Gasteiger partial charge in [-0.3, -0.25) is 4.79 Å². The second-order valence-electron chi connectivity index (χ2n) is 3.58. The number of nitrogens with zero attached hydrogens (tertiary/aromatic N) is 1. The summed E-state index contributed by atoms with van der Waals surface area (Å²) < 4.78 is 14.5. The van der Waals surface area contributed by atoms with Crippen LogP contribution in [-0.4, -0.2) is 36.2 Å². The van der Waals surface area contributed by atoms with E-state index in [-0.39, 0.29) is 18.6 Å². The van der Waals surface area contributed by atoms with E-state index >= 15 is 0 Å². The van der Waals surface area contributed by atoms with Crippen molar-refractivity contribution >= 4 is 22.4 Å². The average molecular weight is 242 g/mol. The molecule has 16 heavy (non-hydrogen) atoms. The van der Waals surface area contributed by atoms with Gasteiger partial charge in [-0.2, -0.15) is 4.37 Å². The number of carbonyl (C=O) groups excluding carboxylic acids is 1. The van der Waals surface area contributed by atoms with Crippen molar-refractivity contribution in [3.63, 3.8) is 0 Å². The van der Waals surface area contributed by atoms with Gasteiger partial charge in [0, 0.05) is 12.8 Å². The van der Waals surface area contributed by atoms with E-state index in [2.05, 4.69) is 9.69 Å². The molecule has 1 atom stereocenters. The van der Waals surface area contributed by atoms with Crippen molar-refractivity contribution in [2.45, 2.75) is 18.9 Å². The fraction of sp³-hybridized carbons (Fsp3) is 0.600. The van der Waals surface area contributed by atoms with E-state index in [1.165, 1.54) is 11.5 Å². The molecular formula is C10H14N2O3S. The highest BCUT2D eigenvalue weighted by Gasteiger charge is 2.15. The van der Waals surface area contributed by atoms with Crippen molar-refractivity contribution in [3.05, 3.63) is 12.3 Å². The van der Waals surface area contributed by atoms with Gasteiger partial charge in [-0.05, 0) is 30.4 Å². The van der Waals surface area contributed by atoms with Crippen molar-refractivity contribution in [3.8, 4) is 0 Å². The van der Waals surface area contributed by atoms with Crippen molar-refractivity contribution in [1.82, 2.24) is 4.37 Å². The van der Waals surface area contributed by atoms with Gasteiger partial charge in [-0.1, -0.05) is 0 Å². The minimum absolute atomic E-state index is 0.0672. The van der Waals surface area contributed by atoms with E-state index in [1.807, 2.05) is 0 Å². The monoisotopic (exact) mass is 242 g/mol. The first-order valence-electron chi connectivity index (χ1n) is 5.24. The number of hydrogen-bond donors (Lipinski definition) is 1. The van der Waals surface area contributed by atoms with E-state index in [9.17, 15) is 4.79 Å². The number of anilines is 1. The van der Waals surface area contributed by atoms with E-state index in [0.29, 0.717) is 6.61 Å². The number of amides is 1.